The van der Waals surface area contributed by atoms with Crippen molar-refractivity contribution in [1.29, 1.82) is 0 Å². The van der Waals surface area contributed by atoms with Gasteiger partial charge in [-0.1, -0.05) is 23.2 Å². The van der Waals surface area contributed by atoms with Crippen LogP contribution in [0.15, 0.2) is 30.3 Å². The molecule has 2 atom stereocenters. The van der Waals surface area contributed by atoms with Crippen molar-refractivity contribution in [2.24, 2.45) is 0 Å². The third-order valence-electron chi connectivity index (χ3n) is 6.79. The van der Waals surface area contributed by atoms with Crippen LogP contribution < -0.4 is 4.72 Å². The van der Waals surface area contributed by atoms with Gasteiger partial charge in [0.15, 0.2) is 0 Å². The van der Waals surface area contributed by atoms with Crippen LogP contribution in [-0.4, -0.2) is 56.1 Å². The Morgan fingerprint density at radius 3 is 2.37 bits per heavy atom. The Bertz CT molecular complexity index is 1220. The second kappa shape index (κ2) is 10.3. The van der Waals surface area contributed by atoms with E-state index in [4.69, 9.17) is 23.2 Å². The molecule has 1 N–H and O–H groups in total. The van der Waals surface area contributed by atoms with Crippen LogP contribution in [0.1, 0.15) is 65.7 Å². The number of piperazine rings is 1. The van der Waals surface area contributed by atoms with Gasteiger partial charge in [0.2, 0.25) is 10.0 Å². The Morgan fingerprint density at radius 1 is 1.14 bits per heavy atom. The van der Waals surface area contributed by atoms with E-state index in [1.807, 2.05) is 16.9 Å². The van der Waals surface area contributed by atoms with Gasteiger partial charge in [0.05, 0.1) is 11.8 Å². The number of hydrogen-bond acceptors (Lipinski definition) is 5. The molecular formula is C25H30Cl2FN3O3S. The number of amides is 1. The molecule has 2 fully saturated rings. The minimum atomic E-state index is -3.78. The zero-order valence-corrected chi connectivity index (χ0v) is 22.4. The average Bonchev–Trinajstić information content (AvgIpc) is 3.57. The summed E-state index contributed by atoms with van der Waals surface area (Å²) >= 11 is 12.4. The number of rotatable bonds is 7. The van der Waals surface area contributed by atoms with Gasteiger partial charge in [-0.05, 0) is 79.6 Å². The molecule has 0 bridgehead atoms. The summed E-state index contributed by atoms with van der Waals surface area (Å²) in [6, 6.07) is 8.97. The molecule has 0 radical (unpaired) electrons. The van der Waals surface area contributed by atoms with Crippen LogP contribution in [0.4, 0.5) is 4.39 Å². The van der Waals surface area contributed by atoms with Gasteiger partial charge >= 0.3 is 0 Å². The van der Waals surface area contributed by atoms with Gasteiger partial charge in [0.1, 0.15) is 5.82 Å². The van der Waals surface area contributed by atoms with Crippen molar-refractivity contribution in [2.45, 2.75) is 51.2 Å². The van der Waals surface area contributed by atoms with Crippen molar-refractivity contribution in [3.05, 3.63) is 68.4 Å². The van der Waals surface area contributed by atoms with Crippen molar-refractivity contribution in [3.63, 3.8) is 0 Å². The lowest BCUT2D eigenvalue weighted by atomic mass is 9.97. The molecule has 0 aromatic heterocycles. The maximum Gasteiger partial charge on any atom is 0.267 e. The van der Waals surface area contributed by atoms with E-state index >= 15 is 0 Å². The first-order valence-electron chi connectivity index (χ1n) is 11.7. The van der Waals surface area contributed by atoms with Gasteiger partial charge in [-0.15, -0.1) is 0 Å². The maximum atomic E-state index is 14.9. The van der Waals surface area contributed by atoms with Gasteiger partial charge in [0.25, 0.3) is 5.91 Å². The highest BCUT2D eigenvalue weighted by Gasteiger charge is 2.32. The van der Waals surface area contributed by atoms with E-state index in [0.29, 0.717) is 16.6 Å². The zero-order chi connectivity index (χ0) is 25.5. The minimum absolute atomic E-state index is 0.149. The molecule has 2 aromatic carbocycles. The standard InChI is InChI=1S/C25H30Cl2FN3O3S/c1-15-13-30(6-7-31(15)16(2)18-8-20(26)11-21(27)9-18)14-19-10-24(28)23(12-22(19)17-4-5-17)25(32)29-35(3,33)34/h8-12,15-17H,4-7,13-14H2,1-3H3,(H,29,32)/t15-,16-/m0/s1. The smallest absolute Gasteiger partial charge is 0.267 e. The van der Waals surface area contributed by atoms with Crippen LogP contribution in [0, 0.1) is 5.82 Å². The van der Waals surface area contributed by atoms with Crippen molar-refractivity contribution >= 4 is 39.1 Å². The van der Waals surface area contributed by atoms with E-state index < -0.39 is 21.7 Å². The molecular weight excluding hydrogens is 512 g/mol. The topological polar surface area (TPSA) is 69.7 Å². The van der Waals surface area contributed by atoms with Crippen molar-refractivity contribution in [2.75, 3.05) is 25.9 Å². The summed E-state index contributed by atoms with van der Waals surface area (Å²) in [6.07, 6.45) is 2.84. The highest BCUT2D eigenvalue weighted by Crippen LogP contribution is 2.43. The zero-order valence-electron chi connectivity index (χ0n) is 20.0. The summed E-state index contributed by atoms with van der Waals surface area (Å²) in [7, 11) is -3.78. The number of carbonyl (C=O) groups is 1. The van der Waals surface area contributed by atoms with Crippen LogP contribution in [0.5, 0.6) is 0 Å². The maximum absolute atomic E-state index is 14.9. The molecule has 1 aliphatic heterocycles. The SMILES string of the molecule is C[C@H]1CN(Cc2cc(F)c(C(=O)NS(C)(=O)=O)cc2C2CC2)CCN1[C@@H](C)c1cc(Cl)cc(Cl)c1. The Kier molecular flexibility index (Phi) is 7.79. The van der Waals surface area contributed by atoms with Crippen LogP contribution in [-0.2, 0) is 16.6 Å². The monoisotopic (exact) mass is 541 g/mol. The second-order valence-electron chi connectivity index (χ2n) is 9.71. The number of carbonyl (C=O) groups excluding carboxylic acids is 1. The van der Waals surface area contributed by atoms with E-state index in [2.05, 4.69) is 23.6 Å². The molecule has 1 amide bonds. The highest BCUT2D eigenvalue weighted by atomic mass is 35.5. The second-order valence-corrected chi connectivity index (χ2v) is 12.3. The number of sulfonamides is 1. The Hall–Kier alpha value is -1.71. The Labute approximate surface area is 216 Å². The molecule has 1 saturated carbocycles. The van der Waals surface area contributed by atoms with Crippen molar-refractivity contribution in [1.82, 2.24) is 14.5 Å². The molecule has 10 heteroatoms. The molecule has 0 unspecified atom stereocenters. The summed E-state index contributed by atoms with van der Waals surface area (Å²) in [5.74, 6) is -1.36. The van der Waals surface area contributed by atoms with Gasteiger partial charge < -0.3 is 0 Å². The number of benzene rings is 2. The van der Waals surface area contributed by atoms with Gasteiger partial charge in [-0.2, -0.15) is 0 Å². The molecule has 190 valence electrons. The van der Waals surface area contributed by atoms with Crippen molar-refractivity contribution in [3.8, 4) is 0 Å². The molecule has 1 heterocycles. The fraction of sp³-hybridized carbons (Fsp3) is 0.480. The quantitative estimate of drug-likeness (QED) is 0.536. The third-order valence-corrected chi connectivity index (χ3v) is 7.78. The largest absolute Gasteiger partial charge is 0.296 e. The molecule has 6 nitrogen and oxygen atoms in total. The molecule has 35 heavy (non-hydrogen) atoms. The number of hydrogen-bond donors (Lipinski definition) is 1. The van der Waals surface area contributed by atoms with E-state index in [-0.39, 0.29) is 23.6 Å². The van der Waals surface area contributed by atoms with Gasteiger partial charge in [0, 0.05) is 48.3 Å². The lowest BCUT2D eigenvalue weighted by Gasteiger charge is -2.43. The average molecular weight is 543 g/mol. The van der Waals surface area contributed by atoms with Crippen LogP contribution >= 0.6 is 23.2 Å². The Balaban J connectivity index is 1.48. The van der Waals surface area contributed by atoms with E-state index in [9.17, 15) is 17.6 Å². The summed E-state index contributed by atoms with van der Waals surface area (Å²) in [6.45, 7) is 7.35. The summed E-state index contributed by atoms with van der Waals surface area (Å²) in [5.41, 5.74) is 2.63. The minimum Gasteiger partial charge on any atom is -0.296 e. The Morgan fingerprint density at radius 2 is 1.80 bits per heavy atom. The molecule has 0 spiro atoms. The molecule has 1 aliphatic carbocycles. The number of halogens is 3. The van der Waals surface area contributed by atoms with Gasteiger partial charge in [-0.25, -0.2) is 17.5 Å². The fourth-order valence-corrected chi connectivity index (χ4v) is 5.94. The van der Waals surface area contributed by atoms with E-state index in [0.717, 1.165) is 55.4 Å². The first kappa shape index (κ1) is 26.4. The number of nitrogens with zero attached hydrogens (tertiary/aromatic N) is 2. The van der Waals surface area contributed by atoms with Crippen LogP contribution in [0.25, 0.3) is 0 Å². The summed E-state index contributed by atoms with van der Waals surface area (Å²) in [4.78, 5) is 17.0. The first-order valence-corrected chi connectivity index (χ1v) is 14.3. The lowest BCUT2D eigenvalue weighted by Crippen LogP contribution is -2.52. The lowest BCUT2D eigenvalue weighted by molar-refractivity contribution is 0.0503. The summed E-state index contributed by atoms with van der Waals surface area (Å²) < 4.78 is 39.6. The first-order chi connectivity index (χ1) is 16.4. The third kappa shape index (κ3) is 6.54. The van der Waals surface area contributed by atoms with Crippen molar-refractivity contribution < 1.29 is 17.6 Å². The molecule has 2 aliphatic rings. The van der Waals surface area contributed by atoms with Crippen LogP contribution in [0.3, 0.4) is 0 Å². The van der Waals surface area contributed by atoms with E-state index in [1.165, 1.54) is 12.1 Å². The normalized spacial score (nSPS) is 20.6. The fourth-order valence-electron chi connectivity index (χ4n) is 4.95. The summed E-state index contributed by atoms with van der Waals surface area (Å²) in [5, 5.41) is 1.24. The molecule has 4 rings (SSSR count). The van der Waals surface area contributed by atoms with Gasteiger partial charge in [-0.3, -0.25) is 14.6 Å². The highest BCUT2D eigenvalue weighted by molar-refractivity contribution is 7.89. The predicted molar refractivity (Wildman–Crippen MR) is 137 cm³/mol. The van der Waals surface area contributed by atoms with E-state index in [1.54, 1.807) is 6.07 Å². The predicted octanol–water partition coefficient (Wildman–Crippen LogP) is 4.97. The van der Waals surface area contributed by atoms with Crippen LogP contribution in [0.2, 0.25) is 10.0 Å². The number of nitrogens with one attached hydrogen (secondary N) is 1. The molecule has 1 saturated heterocycles. The molecule has 2 aromatic rings.